The number of rotatable bonds is 7. The minimum Gasteiger partial charge on any atom is -0.463 e. The van der Waals surface area contributed by atoms with E-state index >= 15 is 0 Å². The van der Waals surface area contributed by atoms with Gasteiger partial charge in [-0.2, -0.15) is 0 Å². The largest absolute Gasteiger partial charge is 0.463 e. The van der Waals surface area contributed by atoms with Crippen molar-refractivity contribution in [1.82, 2.24) is 0 Å². The van der Waals surface area contributed by atoms with Crippen molar-refractivity contribution < 1.29 is 23.9 Å². The summed E-state index contributed by atoms with van der Waals surface area (Å²) in [6.07, 6.45) is -1.36. The molecule has 114 valence electrons. The second kappa shape index (κ2) is 8.19. The van der Waals surface area contributed by atoms with Crippen LogP contribution in [-0.2, 0) is 19.1 Å². The van der Waals surface area contributed by atoms with Gasteiger partial charge in [0.15, 0.2) is 5.78 Å². The van der Waals surface area contributed by atoms with Crippen molar-refractivity contribution in [3.63, 3.8) is 0 Å². The van der Waals surface area contributed by atoms with Gasteiger partial charge in [0, 0.05) is 6.42 Å². The van der Waals surface area contributed by atoms with Crippen LogP contribution in [0.25, 0.3) is 0 Å². The van der Waals surface area contributed by atoms with Crippen molar-refractivity contribution in [3.05, 3.63) is 35.9 Å². The molecule has 1 atom stereocenters. The van der Waals surface area contributed by atoms with Crippen LogP contribution >= 0.6 is 0 Å². The van der Waals surface area contributed by atoms with E-state index in [1.807, 2.05) is 13.8 Å². The molecule has 0 spiro atoms. The van der Waals surface area contributed by atoms with Crippen molar-refractivity contribution in [2.24, 2.45) is 5.92 Å². The molecule has 1 unspecified atom stereocenters. The number of Topliss-reactive ketones (excluding diaryl/α,β-unsaturated/α-hetero) is 1. The van der Waals surface area contributed by atoms with Crippen LogP contribution in [0.1, 0.15) is 37.6 Å². The van der Waals surface area contributed by atoms with E-state index in [0.717, 1.165) is 0 Å². The minimum absolute atomic E-state index is 0.0600. The fourth-order valence-electron chi connectivity index (χ4n) is 1.72. The van der Waals surface area contributed by atoms with E-state index in [0.29, 0.717) is 0 Å². The first-order valence-electron chi connectivity index (χ1n) is 6.91. The molecule has 1 aromatic rings. The van der Waals surface area contributed by atoms with E-state index in [1.165, 1.54) is 0 Å². The van der Waals surface area contributed by atoms with Gasteiger partial charge in [-0.15, -0.1) is 0 Å². The summed E-state index contributed by atoms with van der Waals surface area (Å²) in [6.45, 7) is 5.44. The molecular formula is C16H20O5. The zero-order valence-corrected chi connectivity index (χ0v) is 12.5. The zero-order valence-electron chi connectivity index (χ0n) is 12.5. The van der Waals surface area contributed by atoms with E-state index in [-0.39, 0.29) is 24.5 Å². The Hall–Kier alpha value is -2.17. The third kappa shape index (κ3) is 5.38. The lowest BCUT2D eigenvalue weighted by Gasteiger charge is -2.16. The van der Waals surface area contributed by atoms with Crippen LogP contribution in [0.3, 0.4) is 0 Å². The zero-order chi connectivity index (χ0) is 15.8. The van der Waals surface area contributed by atoms with Crippen LogP contribution in [0.15, 0.2) is 30.3 Å². The summed E-state index contributed by atoms with van der Waals surface area (Å²) in [7, 11) is 0. The molecule has 0 fully saturated rings. The lowest BCUT2D eigenvalue weighted by atomic mass is 10.0. The average molecular weight is 292 g/mol. The molecule has 0 aliphatic rings. The summed E-state index contributed by atoms with van der Waals surface area (Å²) in [4.78, 5) is 35.8. The maximum atomic E-state index is 12.1. The highest BCUT2D eigenvalue weighted by Crippen LogP contribution is 2.11. The molecule has 1 aromatic carbocycles. The van der Waals surface area contributed by atoms with Crippen LogP contribution in [-0.4, -0.2) is 30.4 Å². The predicted octanol–water partition coefficient (Wildman–Crippen LogP) is 2.39. The summed E-state index contributed by atoms with van der Waals surface area (Å²) in [5.41, 5.74) is 0.282. The third-order valence-electron chi connectivity index (χ3n) is 2.64. The Morgan fingerprint density at radius 3 is 2.24 bits per heavy atom. The van der Waals surface area contributed by atoms with E-state index in [4.69, 9.17) is 9.47 Å². The normalized spacial score (nSPS) is 11.8. The molecular weight excluding hydrogens is 272 g/mol. The van der Waals surface area contributed by atoms with Gasteiger partial charge in [0.25, 0.3) is 6.10 Å². The molecule has 0 heterocycles. The van der Waals surface area contributed by atoms with Crippen molar-refractivity contribution in [3.8, 4) is 0 Å². The van der Waals surface area contributed by atoms with E-state index < -0.39 is 23.8 Å². The molecule has 0 aromatic heterocycles. The fourth-order valence-corrected chi connectivity index (χ4v) is 1.72. The van der Waals surface area contributed by atoms with Gasteiger partial charge in [-0.3, -0.25) is 4.79 Å². The SMILES string of the molecule is CCOC(=O)C(OC(=O)c1ccccc1)C(=O)CC(C)C. The van der Waals surface area contributed by atoms with Crippen LogP contribution in [0, 0.1) is 5.92 Å². The minimum atomic E-state index is -1.50. The van der Waals surface area contributed by atoms with Crippen LogP contribution in [0.4, 0.5) is 0 Å². The quantitative estimate of drug-likeness (QED) is 0.570. The first kappa shape index (κ1) is 16.9. The molecule has 0 saturated carbocycles. The maximum Gasteiger partial charge on any atom is 0.355 e. The predicted molar refractivity (Wildman–Crippen MR) is 76.7 cm³/mol. The molecule has 0 amide bonds. The van der Waals surface area contributed by atoms with Gasteiger partial charge in [0.2, 0.25) is 0 Å². The Balaban J connectivity index is 2.84. The third-order valence-corrected chi connectivity index (χ3v) is 2.64. The Kier molecular flexibility index (Phi) is 6.59. The number of carbonyl (C=O) groups is 3. The van der Waals surface area contributed by atoms with E-state index in [9.17, 15) is 14.4 Å². The van der Waals surface area contributed by atoms with Crippen LogP contribution < -0.4 is 0 Å². The van der Waals surface area contributed by atoms with E-state index in [1.54, 1.807) is 37.3 Å². The molecule has 0 bridgehead atoms. The summed E-state index contributed by atoms with van der Waals surface area (Å²) in [5.74, 6) is -1.93. The number of ether oxygens (including phenoxy) is 2. The van der Waals surface area contributed by atoms with Crippen molar-refractivity contribution in [2.75, 3.05) is 6.61 Å². The highest BCUT2D eigenvalue weighted by Gasteiger charge is 2.32. The Morgan fingerprint density at radius 2 is 1.71 bits per heavy atom. The molecule has 0 radical (unpaired) electrons. The number of carbonyl (C=O) groups excluding carboxylic acids is 3. The number of hydrogen-bond acceptors (Lipinski definition) is 5. The number of hydrogen-bond donors (Lipinski definition) is 0. The molecule has 0 aliphatic heterocycles. The highest BCUT2D eigenvalue weighted by atomic mass is 16.6. The Bertz CT molecular complexity index is 493. The van der Waals surface area contributed by atoms with Crippen LogP contribution in [0.5, 0.6) is 0 Å². The molecule has 0 N–H and O–H groups in total. The highest BCUT2D eigenvalue weighted by molar-refractivity contribution is 6.04. The number of ketones is 1. The molecule has 1 rings (SSSR count). The number of esters is 2. The van der Waals surface area contributed by atoms with E-state index in [2.05, 4.69) is 0 Å². The lowest BCUT2D eigenvalue weighted by molar-refractivity contribution is -0.158. The summed E-state index contributed by atoms with van der Waals surface area (Å²) < 4.78 is 9.86. The Morgan fingerprint density at radius 1 is 1.10 bits per heavy atom. The summed E-state index contributed by atoms with van der Waals surface area (Å²) >= 11 is 0. The monoisotopic (exact) mass is 292 g/mol. The van der Waals surface area contributed by atoms with Gasteiger partial charge in [-0.1, -0.05) is 32.0 Å². The second-order valence-electron chi connectivity index (χ2n) is 4.97. The van der Waals surface area contributed by atoms with Crippen LogP contribution in [0.2, 0.25) is 0 Å². The maximum absolute atomic E-state index is 12.1. The van der Waals surface area contributed by atoms with Crippen molar-refractivity contribution >= 4 is 17.7 Å². The van der Waals surface area contributed by atoms with Gasteiger partial charge in [-0.05, 0) is 25.0 Å². The van der Waals surface area contributed by atoms with Crippen molar-refractivity contribution in [1.29, 1.82) is 0 Å². The van der Waals surface area contributed by atoms with Crippen molar-refractivity contribution in [2.45, 2.75) is 33.3 Å². The van der Waals surface area contributed by atoms with Gasteiger partial charge in [0.05, 0.1) is 12.2 Å². The molecule has 21 heavy (non-hydrogen) atoms. The average Bonchev–Trinajstić information content (AvgIpc) is 2.44. The van der Waals surface area contributed by atoms with Gasteiger partial charge >= 0.3 is 11.9 Å². The Labute approximate surface area is 124 Å². The standard InChI is InChI=1S/C16H20O5/c1-4-20-16(19)14(13(17)10-11(2)3)21-15(18)12-8-6-5-7-9-12/h5-9,11,14H,4,10H2,1-3H3. The fraction of sp³-hybridized carbons (Fsp3) is 0.438. The molecule has 5 heteroatoms. The van der Waals surface area contributed by atoms with Gasteiger partial charge < -0.3 is 9.47 Å². The smallest absolute Gasteiger partial charge is 0.355 e. The van der Waals surface area contributed by atoms with Gasteiger partial charge in [0.1, 0.15) is 0 Å². The molecule has 0 aliphatic carbocycles. The number of benzene rings is 1. The first-order chi connectivity index (χ1) is 9.95. The molecule has 5 nitrogen and oxygen atoms in total. The lowest BCUT2D eigenvalue weighted by Crippen LogP contribution is -2.37. The second-order valence-corrected chi connectivity index (χ2v) is 4.97. The molecule has 0 saturated heterocycles. The summed E-state index contributed by atoms with van der Waals surface area (Å²) in [5, 5.41) is 0. The first-order valence-corrected chi connectivity index (χ1v) is 6.91. The topological polar surface area (TPSA) is 69.7 Å². The summed E-state index contributed by atoms with van der Waals surface area (Å²) in [6, 6.07) is 8.20. The van der Waals surface area contributed by atoms with Gasteiger partial charge in [-0.25, -0.2) is 9.59 Å².